The van der Waals surface area contributed by atoms with Crippen molar-refractivity contribution >= 4 is 23.6 Å². The Balaban J connectivity index is 1.47. The Morgan fingerprint density at radius 3 is 2.50 bits per heavy atom. The van der Waals surface area contributed by atoms with Crippen LogP contribution in [0.2, 0.25) is 0 Å². The van der Waals surface area contributed by atoms with Gasteiger partial charge in [-0.2, -0.15) is 5.10 Å². The van der Waals surface area contributed by atoms with Crippen molar-refractivity contribution in [2.45, 2.75) is 20.3 Å². The largest absolute Gasteiger partial charge is 0.452 e. The molecule has 0 saturated heterocycles. The van der Waals surface area contributed by atoms with Gasteiger partial charge in [0.05, 0.1) is 11.4 Å². The molecule has 36 heavy (non-hydrogen) atoms. The maximum absolute atomic E-state index is 13.4. The number of carbonyl (C=O) groups is 2. The molecule has 0 bridgehead atoms. The standard InChI is InChI=1S/C29H26FN3O3/c1-3-21-9-7-8-20(2)28(21)31-26(34)19-36-27(35)17-14-23-18-33(25-10-5-4-6-11-25)32-29(23)22-12-15-24(30)16-13-22/h4-18H,3,19H2,1-2H3,(H,31,34)/b17-14+. The lowest BCUT2D eigenvalue weighted by atomic mass is 10.1. The third-order valence-corrected chi connectivity index (χ3v) is 5.63. The minimum absolute atomic E-state index is 0.350. The normalized spacial score (nSPS) is 11.0. The number of para-hydroxylation sites is 2. The lowest BCUT2D eigenvalue weighted by Gasteiger charge is -2.12. The first-order chi connectivity index (χ1) is 17.4. The molecule has 1 heterocycles. The van der Waals surface area contributed by atoms with E-state index in [0.717, 1.165) is 28.9 Å². The Bertz CT molecular complexity index is 1390. The number of aryl methyl sites for hydroxylation is 2. The molecule has 1 amide bonds. The van der Waals surface area contributed by atoms with Crippen LogP contribution in [0.5, 0.6) is 0 Å². The van der Waals surface area contributed by atoms with E-state index in [1.54, 1.807) is 29.1 Å². The van der Waals surface area contributed by atoms with E-state index in [9.17, 15) is 14.0 Å². The van der Waals surface area contributed by atoms with Gasteiger partial charge in [-0.05, 0) is 66.9 Å². The second-order valence-electron chi connectivity index (χ2n) is 8.17. The molecular formula is C29H26FN3O3. The fourth-order valence-corrected chi connectivity index (χ4v) is 3.77. The average Bonchev–Trinajstić information content (AvgIpc) is 3.32. The molecule has 4 rings (SSSR count). The van der Waals surface area contributed by atoms with Crippen LogP contribution in [0.25, 0.3) is 23.0 Å². The molecule has 1 N–H and O–H groups in total. The summed E-state index contributed by atoms with van der Waals surface area (Å²) in [5.41, 5.74) is 5.45. The Labute approximate surface area is 209 Å². The number of hydrogen-bond acceptors (Lipinski definition) is 4. The van der Waals surface area contributed by atoms with Crippen LogP contribution in [0, 0.1) is 12.7 Å². The van der Waals surface area contributed by atoms with Gasteiger partial charge in [0.25, 0.3) is 5.91 Å². The maximum atomic E-state index is 13.4. The van der Waals surface area contributed by atoms with Gasteiger partial charge in [-0.15, -0.1) is 0 Å². The highest BCUT2D eigenvalue weighted by atomic mass is 19.1. The van der Waals surface area contributed by atoms with Gasteiger partial charge in [-0.1, -0.05) is 43.3 Å². The maximum Gasteiger partial charge on any atom is 0.331 e. The predicted octanol–water partition coefficient (Wildman–Crippen LogP) is 5.74. The second kappa shape index (κ2) is 11.3. The summed E-state index contributed by atoms with van der Waals surface area (Å²) in [7, 11) is 0. The Kier molecular flexibility index (Phi) is 7.70. The molecule has 1 aromatic heterocycles. The van der Waals surface area contributed by atoms with Crippen LogP contribution < -0.4 is 5.32 Å². The fraction of sp³-hybridized carbons (Fsp3) is 0.138. The van der Waals surface area contributed by atoms with Gasteiger partial charge in [0.15, 0.2) is 6.61 Å². The van der Waals surface area contributed by atoms with Crippen molar-refractivity contribution < 1.29 is 18.7 Å². The van der Waals surface area contributed by atoms with Crippen molar-refractivity contribution in [1.29, 1.82) is 0 Å². The lowest BCUT2D eigenvalue weighted by molar-refractivity contribution is -0.142. The number of nitrogens with one attached hydrogen (secondary N) is 1. The van der Waals surface area contributed by atoms with Crippen molar-refractivity contribution in [1.82, 2.24) is 9.78 Å². The van der Waals surface area contributed by atoms with E-state index in [-0.39, 0.29) is 5.82 Å². The molecule has 0 aliphatic rings. The summed E-state index contributed by atoms with van der Waals surface area (Å²) in [4.78, 5) is 24.7. The zero-order valence-electron chi connectivity index (χ0n) is 20.1. The highest BCUT2D eigenvalue weighted by molar-refractivity contribution is 5.96. The number of anilines is 1. The molecule has 7 heteroatoms. The molecule has 0 spiro atoms. The Morgan fingerprint density at radius 1 is 1.03 bits per heavy atom. The van der Waals surface area contributed by atoms with Gasteiger partial charge in [-0.25, -0.2) is 13.9 Å². The highest BCUT2D eigenvalue weighted by Crippen LogP contribution is 2.25. The highest BCUT2D eigenvalue weighted by Gasteiger charge is 2.13. The van der Waals surface area contributed by atoms with Crippen LogP contribution in [-0.2, 0) is 20.7 Å². The van der Waals surface area contributed by atoms with Gasteiger partial charge < -0.3 is 10.1 Å². The first-order valence-electron chi connectivity index (χ1n) is 11.6. The van der Waals surface area contributed by atoms with Crippen molar-refractivity contribution in [3.05, 3.63) is 108 Å². The van der Waals surface area contributed by atoms with Crippen LogP contribution in [0.3, 0.4) is 0 Å². The van der Waals surface area contributed by atoms with Gasteiger partial charge in [0.1, 0.15) is 5.82 Å². The molecule has 0 aliphatic carbocycles. The number of ether oxygens (including phenoxy) is 1. The summed E-state index contributed by atoms with van der Waals surface area (Å²) in [6, 6.07) is 21.3. The molecule has 3 aromatic carbocycles. The van der Waals surface area contributed by atoms with Gasteiger partial charge in [0, 0.05) is 29.1 Å². The lowest BCUT2D eigenvalue weighted by Crippen LogP contribution is -2.21. The fourth-order valence-electron chi connectivity index (χ4n) is 3.77. The predicted molar refractivity (Wildman–Crippen MR) is 138 cm³/mol. The third-order valence-electron chi connectivity index (χ3n) is 5.63. The molecule has 0 unspecified atom stereocenters. The number of carbonyl (C=O) groups excluding carboxylic acids is 2. The zero-order chi connectivity index (χ0) is 25.5. The molecule has 0 atom stereocenters. The zero-order valence-corrected chi connectivity index (χ0v) is 20.1. The molecule has 0 aliphatic heterocycles. The Hall–Kier alpha value is -4.52. The number of rotatable bonds is 8. The van der Waals surface area contributed by atoms with Crippen molar-refractivity contribution in [2.24, 2.45) is 0 Å². The van der Waals surface area contributed by atoms with Crippen LogP contribution >= 0.6 is 0 Å². The number of amides is 1. The van der Waals surface area contributed by atoms with Crippen LogP contribution in [-0.4, -0.2) is 28.3 Å². The van der Waals surface area contributed by atoms with Crippen LogP contribution in [0.15, 0.2) is 85.1 Å². The molecule has 0 fully saturated rings. The number of nitrogens with zero attached hydrogens (tertiary/aromatic N) is 2. The molecule has 0 radical (unpaired) electrons. The average molecular weight is 484 g/mol. The van der Waals surface area contributed by atoms with Gasteiger partial charge >= 0.3 is 5.97 Å². The third kappa shape index (κ3) is 5.93. The number of aromatic nitrogens is 2. The summed E-state index contributed by atoms with van der Waals surface area (Å²) in [6.07, 6.45) is 5.36. The first-order valence-corrected chi connectivity index (χ1v) is 11.6. The minimum Gasteiger partial charge on any atom is -0.452 e. The summed E-state index contributed by atoms with van der Waals surface area (Å²) in [6.45, 7) is 3.52. The van der Waals surface area contributed by atoms with E-state index in [1.807, 2.05) is 62.4 Å². The van der Waals surface area contributed by atoms with E-state index < -0.39 is 18.5 Å². The second-order valence-corrected chi connectivity index (χ2v) is 8.17. The van der Waals surface area contributed by atoms with E-state index in [4.69, 9.17) is 4.74 Å². The van der Waals surface area contributed by atoms with E-state index in [1.165, 1.54) is 18.2 Å². The minimum atomic E-state index is -0.664. The van der Waals surface area contributed by atoms with Crippen molar-refractivity contribution in [3.63, 3.8) is 0 Å². The molecular weight excluding hydrogens is 457 g/mol. The topological polar surface area (TPSA) is 73.2 Å². The smallest absolute Gasteiger partial charge is 0.331 e. The summed E-state index contributed by atoms with van der Waals surface area (Å²) < 4.78 is 20.3. The molecule has 182 valence electrons. The summed E-state index contributed by atoms with van der Waals surface area (Å²) in [5.74, 6) is -1.43. The molecule has 6 nitrogen and oxygen atoms in total. The first kappa shape index (κ1) is 24.6. The van der Waals surface area contributed by atoms with Crippen molar-refractivity contribution in [3.8, 4) is 16.9 Å². The number of halogens is 1. The van der Waals surface area contributed by atoms with E-state index >= 15 is 0 Å². The van der Waals surface area contributed by atoms with Crippen molar-refractivity contribution in [2.75, 3.05) is 11.9 Å². The van der Waals surface area contributed by atoms with Gasteiger partial charge in [0.2, 0.25) is 0 Å². The van der Waals surface area contributed by atoms with E-state index in [0.29, 0.717) is 16.8 Å². The SMILES string of the molecule is CCc1cccc(C)c1NC(=O)COC(=O)/C=C/c1cn(-c2ccccc2)nc1-c1ccc(F)cc1. The van der Waals surface area contributed by atoms with E-state index in [2.05, 4.69) is 10.4 Å². The van der Waals surface area contributed by atoms with Crippen LogP contribution in [0.1, 0.15) is 23.6 Å². The quantitative estimate of drug-likeness (QED) is 0.256. The number of hydrogen-bond donors (Lipinski definition) is 1. The number of esters is 1. The molecule has 0 saturated carbocycles. The monoisotopic (exact) mass is 483 g/mol. The summed E-state index contributed by atoms with van der Waals surface area (Å²) >= 11 is 0. The summed E-state index contributed by atoms with van der Waals surface area (Å²) in [5, 5.41) is 7.46. The van der Waals surface area contributed by atoms with Gasteiger partial charge in [-0.3, -0.25) is 4.79 Å². The number of benzene rings is 3. The Morgan fingerprint density at radius 2 is 1.78 bits per heavy atom. The van der Waals surface area contributed by atoms with Crippen LogP contribution in [0.4, 0.5) is 10.1 Å². The molecule has 4 aromatic rings.